The van der Waals surface area contributed by atoms with E-state index < -0.39 is 23.2 Å². The number of hydrogen-bond acceptors (Lipinski definition) is 6. The summed E-state index contributed by atoms with van der Waals surface area (Å²) in [5, 5.41) is 18.0. The third-order valence-electron chi connectivity index (χ3n) is 7.82. The Hall–Kier alpha value is -4.92. The summed E-state index contributed by atoms with van der Waals surface area (Å²) in [4.78, 5) is 43.4. The van der Waals surface area contributed by atoms with Gasteiger partial charge in [0.05, 0.1) is 28.5 Å². The molecule has 3 aliphatic rings. The highest BCUT2D eigenvalue weighted by molar-refractivity contribution is 6.33. The molecule has 3 atom stereocenters. The molecule has 0 aliphatic carbocycles. The number of hydrogen-bond donors (Lipinski definition) is 0. The summed E-state index contributed by atoms with van der Waals surface area (Å²) < 4.78 is 0. The summed E-state index contributed by atoms with van der Waals surface area (Å²) in [7, 11) is 0. The number of para-hydroxylation sites is 3. The number of rotatable bonds is 6. The van der Waals surface area contributed by atoms with E-state index in [1.54, 1.807) is 50.2 Å². The zero-order valence-corrected chi connectivity index (χ0v) is 22.4. The van der Waals surface area contributed by atoms with Gasteiger partial charge in [-0.2, -0.15) is 20.3 Å². The van der Waals surface area contributed by atoms with E-state index in [4.69, 9.17) is 10.2 Å². The summed E-state index contributed by atoms with van der Waals surface area (Å²) in [5.74, 6) is -3.31. The van der Waals surface area contributed by atoms with Crippen LogP contribution in [0.3, 0.4) is 0 Å². The largest absolute Gasteiger partial charge is 0.272 e. The summed E-state index contributed by atoms with van der Waals surface area (Å²) >= 11 is 0. The molecule has 3 aromatic rings. The smallest absolute Gasteiger partial charge is 0.261 e. The van der Waals surface area contributed by atoms with Gasteiger partial charge in [-0.1, -0.05) is 61.5 Å². The summed E-state index contributed by atoms with van der Waals surface area (Å²) in [6, 6.07) is 27.2. The van der Waals surface area contributed by atoms with Gasteiger partial charge < -0.3 is 0 Å². The van der Waals surface area contributed by atoms with Crippen molar-refractivity contribution in [2.24, 2.45) is 32.6 Å². The topological polar surface area (TPSA) is 98.0 Å². The number of hydrazone groups is 3. The fourth-order valence-electron chi connectivity index (χ4n) is 6.01. The highest BCUT2D eigenvalue weighted by Crippen LogP contribution is 2.51. The lowest BCUT2D eigenvalue weighted by atomic mass is 9.60. The summed E-state index contributed by atoms with van der Waals surface area (Å²) in [6.45, 7) is 5.35. The van der Waals surface area contributed by atoms with Crippen molar-refractivity contribution in [2.45, 2.75) is 27.2 Å². The zero-order chi connectivity index (χ0) is 28.0. The lowest BCUT2D eigenvalue weighted by Crippen LogP contribution is -2.59. The molecule has 3 aliphatic heterocycles. The molecule has 0 spiro atoms. The van der Waals surface area contributed by atoms with Gasteiger partial charge >= 0.3 is 0 Å². The van der Waals surface area contributed by atoms with Gasteiger partial charge in [0.15, 0.2) is 0 Å². The highest BCUT2D eigenvalue weighted by Gasteiger charge is 2.68. The van der Waals surface area contributed by atoms with Crippen LogP contribution in [0.5, 0.6) is 0 Å². The maximum Gasteiger partial charge on any atom is 0.261 e. The maximum absolute atomic E-state index is 14.8. The molecule has 3 heterocycles. The van der Waals surface area contributed by atoms with Crippen molar-refractivity contribution in [3.8, 4) is 0 Å². The third kappa shape index (κ3) is 3.61. The van der Waals surface area contributed by atoms with Crippen molar-refractivity contribution in [1.82, 2.24) is 0 Å². The van der Waals surface area contributed by atoms with Crippen LogP contribution >= 0.6 is 0 Å². The van der Waals surface area contributed by atoms with E-state index >= 15 is 0 Å². The number of anilines is 3. The van der Waals surface area contributed by atoms with Crippen molar-refractivity contribution in [1.29, 1.82) is 0 Å². The second-order valence-electron chi connectivity index (χ2n) is 10.0. The van der Waals surface area contributed by atoms with Gasteiger partial charge in [-0.3, -0.25) is 14.4 Å². The maximum atomic E-state index is 14.8. The molecule has 0 radical (unpaired) electrons. The molecule has 0 saturated heterocycles. The number of amides is 3. The molecule has 0 saturated carbocycles. The minimum atomic E-state index is -1.65. The normalized spacial score (nSPS) is 24.5. The number of carbonyl (C=O) groups excluding carboxylic acids is 3. The quantitative estimate of drug-likeness (QED) is 0.453. The van der Waals surface area contributed by atoms with Gasteiger partial charge in [-0.05, 0) is 56.7 Å². The van der Waals surface area contributed by atoms with Crippen LogP contribution < -0.4 is 15.0 Å². The molecule has 0 fully saturated rings. The number of nitrogens with zero attached hydrogens (tertiary/aromatic N) is 6. The third-order valence-corrected chi connectivity index (χ3v) is 7.82. The first kappa shape index (κ1) is 25.4. The fourth-order valence-corrected chi connectivity index (χ4v) is 6.01. The SMILES string of the molecule is CCC1=NN(c2ccccc2)C(=O)[C@@H]1[C@]1([C@@H]2C(=O)N(c3ccccc3)N=C2C)C(=O)N(c2ccccc2)N=C1C. The number of carbonyl (C=O) groups is 3. The predicted octanol–water partition coefficient (Wildman–Crippen LogP) is 4.86. The van der Waals surface area contributed by atoms with E-state index in [2.05, 4.69) is 5.10 Å². The van der Waals surface area contributed by atoms with Crippen LogP contribution in [-0.4, -0.2) is 34.9 Å². The monoisotopic (exact) mass is 532 g/mol. The van der Waals surface area contributed by atoms with Crippen LogP contribution in [0.25, 0.3) is 0 Å². The number of benzene rings is 3. The van der Waals surface area contributed by atoms with Crippen LogP contribution in [0.2, 0.25) is 0 Å². The Kier molecular flexibility index (Phi) is 6.14. The van der Waals surface area contributed by atoms with Gasteiger partial charge in [-0.15, -0.1) is 0 Å². The second-order valence-corrected chi connectivity index (χ2v) is 10.0. The molecule has 6 rings (SSSR count). The highest BCUT2D eigenvalue weighted by atomic mass is 16.2. The van der Waals surface area contributed by atoms with E-state index in [0.717, 1.165) is 0 Å². The minimum Gasteiger partial charge on any atom is -0.272 e. The van der Waals surface area contributed by atoms with Crippen molar-refractivity contribution in [3.05, 3.63) is 91.0 Å². The molecule has 9 nitrogen and oxygen atoms in total. The van der Waals surface area contributed by atoms with E-state index in [0.29, 0.717) is 40.6 Å². The summed E-state index contributed by atoms with van der Waals surface area (Å²) in [5.41, 5.74) is 1.40. The average molecular weight is 533 g/mol. The van der Waals surface area contributed by atoms with Crippen molar-refractivity contribution >= 4 is 51.9 Å². The van der Waals surface area contributed by atoms with Gasteiger partial charge in [-0.25, -0.2) is 10.0 Å². The Labute approximate surface area is 232 Å². The first-order valence-electron chi connectivity index (χ1n) is 13.2. The molecular formula is C31H28N6O3. The standard InChI is InChI=1S/C31H28N6O3/c1-4-25-27(29(39)36(34-25)23-16-10-6-11-17-23)31(21(3)33-37(30(31)40)24-18-12-7-13-19-24)26-20(2)32-35(28(26)38)22-14-8-5-9-15-22/h5-19,26-27H,4H2,1-3H3/t26-,27+,31-/m0/s1. The van der Waals surface area contributed by atoms with Crippen LogP contribution in [0.1, 0.15) is 27.2 Å². The molecule has 9 heteroatoms. The molecule has 3 amide bonds. The molecular weight excluding hydrogens is 504 g/mol. The molecule has 3 aromatic carbocycles. The Morgan fingerprint density at radius 3 is 1.57 bits per heavy atom. The molecule has 0 aromatic heterocycles. The van der Waals surface area contributed by atoms with E-state index in [-0.39, 0.29) is 11.8 Å². The van der Waals surface area contributed by atoms with Gasteiger partial charge in [0.2, 0.25) is 0 Å². The van der Waals surface area contributed by atoms with E-state index in [9.17, 15) is 14.4 Å². The lowest BCUT2D eigenvalue weighted by molar-refractivity contribution is -0.136. The molecule has 0 unspecified atom stereocenters. The first-order chi connectivity index (χ1) is 19.4. The fraction of sp³-hybridized carbons (Fsp3) is 0.226. The second kappa shape index (κ2) is 9.68. The Morgan fingerprint density at radius 1 is 0.625 bits per heavy atom. The van der Waals surface area contributed by atoms with Crippen LogP contribution in [0.4, 0.5) is 17.1 Å². The molecule has 200 valence electrons. The van der Waals surface area contributed by atoms with E-state index in [1.165, 1.54) is 15.0 Å². The molecule has 0 bridgehead atoms. The van der Waals surface area contributed by atoms with E-state index in [1.807, 2.05) is 61.5 Å². The zero-order valence-electron chi connectivity index (χ0n) is 22.4. The summed E-state index contributed by atoms with van der Waals surface area (Å²) in [6.07, 6.45) is 0.410. The van der Waals surface area contributed by atoms with Crippen molar-refractivity contribution < 1.29 is 14.4 Å². The molecule has 40 heavy (non-hydrogen) atoms. The van der Waals surface area contributed by atoms with Crippen LogP contribution in [0, 0.1) is 17.3 Å². The van der Waals surface area contributed by atoms with Gasteiger partial charge in [0.1, 0.15) is 17.3 Å². The van der Waals surface area contributed by atoms with Crippen molar-refractivity contribution in [3.63, 3.8) is 0 Å². The lowest BCUT2D eigenvalue weighted by Gasteiger charge is -2.37. The molecule has 0 N–H and O–H groups in total. The average Bonchev–Trinajstić information content (AvgIpc) is 3.58. The van der Waals surface area contributed by atoms with Crippen molar-refractivity contribution in [2.75, 3.05) is 15.0 Å². The van der Waals surface area contributed by atoms with Crippen LogP contribution in [-0.2, 0) is 14.4 Å². The minimum absolute atomic E-state index is 0.374. The van der Waals surface area contributed by atoms with Crippen LogP contribution in [0.15, 0.2) is 106 Å². The predicted molar refractivity (Wildman–Crippen MR) is 155 cm³/mol. The first-order valence-corrected chi connectivity index (χ1v) is 13.2. The Bertz CT molecular complexity index is 1590. The van der Waals surface area contributed by atoms with Gasteiger partial charge in [0, 0.05) is 5.71 Å². The Morgan fingerprint density at radius 2 is 1.07 bits per heavy atom. The van der Waals surface area contributed by atoms with Gasteiger partial charge in [0.25, 0.3) is 17.7 Å². The Balaban J connectivity index is 1.53.